The Morgan fingerprint density at radius 1 is 1.00 bits per heavy atom. The van der Waals surface area contributed by atoms with E-state index in [2.05, 4.69) is 5.32 Å². The summed E-state index contributed by atoms with van der Waals surface area (Å²) >= 11 is 0. The van der Waals surface area contributed by atoms with Crippen LogP contribution in [-0.2, 0) is 9.59 Å². The Balaban J connectivity index is 1.64. The predicted octanol–water partition coefficient (Wildman–Crippen LogP) is 3.40. The van der Waals surface area contributed by atoms with Crippen molar-refractivity contribution < 1.29 is 19.1 Å². The lowest BCUT2D eigenvalue weighted by Gasteiger charge is -2.18. The monoisotopic (exact) mass is 376 g/mol. The third-order valence-corrected chi connectivity index (χ3v) is 5.22. The first-order valence-electron chi connectivity index (χ1n) is 9.17. The van der Waals surface area contributed by atoms with Gasteiger partial charge in [0.1, 0.15) is 5.75 Å². The molecule has 3 amide bonds. The number of imide groups is 1. The number of anilines is 2. The molecule has 0 aromatic heterocycles. The lowest BCUT2D eigenvalue weighted by Crippen LogP contribution is -2.32. The molecule has 0 saturated carbocycles. The molecule has 2 aromatic carbocycles. The molecule has 2 aliphatic rings. The van der Waals surface area contributed by atoms with E-state index >= 15 is 0 Å². The minimum absolute atomic E-state index is 0.235. The van der Waals surface area contributed by atoms with Crippen molar-refractivity contribution in [2.24, 2.45) is 11.8 Å². The van der Waals surface area contributed by atoms with Crippen molar-refractivity contribution in [3.8, 4) is 5.75 Å². The van der Waals surface area contributed by atoms with Gasteiger partial charge in [-0.25, -0.2) is 4.90 Å². The first kappa shape index (κ1) is 18.0. The summed E-state index contributed by atoms with van der Waals surface area (Å²) in [7, 11) is 1.55. The number of rotatable bonds is 4. The molecule has 6 heteroatoms. The molecular formula is C22H20N2O4. The van der Waals surface area contributed by atoms with Crippen molar-refractivity contribution >= 4 is 29.1 Å². The number of methoxy groups -OCH3 is 1. The van der Waals surface area contributed by atoms with E-state index in [0.717, 1.165) is 0 Å². The van der Waals surface area contributed by atoms with E-state index in [1.54, 1.807) is 55.6 Å². The van der Waals surface area contributed by atoms with Gasteiger partial charge in [-0.3, -0.25) is 14.4 Å². The zero-order valence-corrected chi connectivity index (χ0v) is 15.4. The highest BCUT2D eigenvalue weighted by Gasteiger charge is 2.48. The van der Waals surface area contributed by atoms with Crippen LogP contribution in [0.15, 0.2) is 60.7 Å². The minimum atomic E-state index is -0.391. The molecule has 1 aliphatic carbocycles. The number of para-hydroxylation sites is 1. The summed E-state index contributed by atoms with van der Waals surface area (Å²) in [5, 5.41) is 2.81. The zero-order chi connectivity index (χ0) is 19.7. The van der Waals surface area contributed by atoms with E-state index in [1.807, 2.05) is 12.2 Å². The van der Waals surface area contributed by atoms with Gasteiger partial charge in [0.2, 0.25) is 11.8 Å². The fraction of sp³-hybridized carbons (Fsp3) is 0.227. The van der Waals surface area contributed by atoms with Crippen LogP contribution in [0.2, 0.25) is 0 Å². The quantitative estimate of drug-likeness (QED) is 0.655. The molecule has 1 aliphatic heterocycles. The Morgan fingerprint density at radius 2 is 1.68 bits per heavy atom. The Labute approximate surface area is 162 Å². The van der Waals surface area contributed by atoms with Gasteiger partial charge in [0.25, 0.3) is 5.91 Å². The van der Waals surface area contributed by atoms with E-state index in [4.69, 9.17) is 4.74 Å². The van der Waals surface area contributed by atoms with Gasteiger partial charge in [-0.05, 0) is 37.1 Å². The molecule has 28 heavy (non-hydrogen) atoms. The van der Waals surface area contributed by atoms with Crippen molar-refractivity contribution in [1.82, 2.24) is 0 Å². The van der Waals surface area contributed by atoms with Crippen molar-refractivity contribution in [2.45, 2.75) is 12.8 Å². The smallest absolute Gasteiger partial charge is 0.257 e. The summed E-state index contributed by atoms with van der Waals surface area (Å²) in [4.78, 5) is 39.9. The standard InChI is InChI=1S/C22H20N2O4/c1-28-15-8-6-7-14(13-15)23-20(25)18-11-4-5-12-19(18)24-21(26)16-9-2-3-10-17(16)22(24)27/h2-8,11-13,16-17H,9-10H2,1H3,(H,23,25)/t16-,17+. The van der Waals surface area contributed by atoms with Crippen molar-refractivity contribution in [3.63, 3.8) is 0 Å². The SMILES string of the molecule is COc1cccc(NC(=O)c2ccccc2N2C(=O)[C@H]3CC=CC[C@H]3C2=O)c1. The van der Waals surface area contributed by atoms with Gasteiger partial charge >= 0.3 is 0 Å². The second-order valence-electron chi connectivity index (χ2n) is 6.87. The van der Waals surface area contributed by atoms with Gasteiger partial charge in [0.05, 0.1) is 30.2 Å². The third-order valence-electron chi connectivity index (χ3n) is 5.22. The molecule has 1 N–H and O–H groups in total. The number of amides is 3. The molecule has 0 spiro atoms. The molecule has 1 saturated heterocycles. The van der Waals surface area contributed by atoms with Crippen LogP contribution in [0.3, 0.4) is 0 Å². The average molecular weight is 376 g/mol. The molecule has 0 unspecified atom stereocenters. The van der Waals surface area contributed by atoms with Gasteiger partial charge in [-0.15, -0.1) is 0 Å². The first-order valence-corrected chi connectivity index (χ1v) is 9.17. The Hall–Kier alpha value is -3.41. The van der Waals surface area contributed by atoms with Crippen LogP contribution in [0, 0.1) is 11.8 Å². The highest BCUT2D eigenvalue weighted by Crippen LogP contribution is 2.38. The maximum Gasteiger partial charge on any atom is 0.257 e. The van der Waals surface area contributed by atoms with Crippen LogP contribution in [0.25, 0.3) is 0 Å². The first-order chi connectivity index (χ1) is 13.6. The topological polar surface area (TPSA) is 75.7 Å². The van der Waals surface area contributed by atoms with Crippen LogP contribution in [-0.4, -0.2) is 24.8 Å². The second-order valence-corrected chi connectivity index (χ2v) is 6.87. The Kier molecular flexibility index (Phi) is 4.69. The van der Waals surface area contributed by atoms with E-state index < -0.39 is 5.91 Å². The van der Waals surface area contributed by atoms with Crippen LogP contribution in [0.5, 0.6) is 5.75 Å². The molecule has 0 radical (unpaired) electrons. The molecule has 4 rings (SSSR count). The molecule has 142 valence electrons. The summed E-state index contributed by atoms with van der Waals surface area (Å²) < 4.78 is 5.17. The molecule has 1 heterocycles. The lowest BCUT2D eigenvalue weighted by atomic mass is 9.85. The largest absolute Gasteiger partial charge is 0.497 e. The fourth-order valence-electron chi connectivity index (χ4n) is 3.80. The van der Waals surface area contributed by atoms with Crippen molar-refractivity contribution in [2.75, 3.05) is 17.3 Å². The Bertz CT molecular complexity index is 956. The predicted molar refractivity (Wildman–Crippen MR) is 105 cm³/mol. The van der Waals surface area contributed by atoms with Crippen LogP contribution in [0.4, 0.5) is 11.4 Å². The van der Waals surface area contributed by atoms with Crippen molar-refractivity contribution in [1.29, 1.82) is 0 Å². The number of nitrogens with one attached hydrogen (secondary N) is 1. The maximum absolute atomic E-state index is 12.9. The van der Waals surface area contributed by atoms with E-state index in [0.29, 0.717) is 30.0 Å². The molecular weight excluding hydrogens is 356 g/mol. The summed E-state index contributed by atoms with van der Waals surface area (Å²) in [5.41, 5.74) is 1.17. The summed E-state index contributed by atoms with van der Waals surface area (Å²) in [6, 6.07) is 13.7. The number of carbonyl (C=O) groups excluding carboxylic acids is 3. The van der Waals surface area contributed by atoms with Crippen LogP contribution >= 0.6 is 0 Å². The summed E-state index contributed by atoms with van der Waals surface area (Å²) in [6.07, 6.45) is 5.00. The molecule has 0 bridgehead atoms. The van der Waals surface area contributed by atoms with Gasteiger partial charge in [-0.2, -0.15) is 0 Å². The van der Waals surface area contributed by atoms with Gasteiger partial charge < -0.3 is 10.1 Å². The molecule has 2 aromatic rings. The third kappa shape index (κ3) is 3.07. The number of fused-ring (bicyclic) bond motifs is 1. The zero-order valence-electron chi connectivity index (χ0n) is 15.4. The Morgan fingerprint density at radius 3 is 2.36 bits per heavy atom. The maximum atomic E-state index is 12.9. The molecule has 1 fully saturated rings. The normalized spacial score (nSPS) is 20.8. The highest BCUT2D eigenvalue weighted by atomic mass is 16.5. The lowest BCUT2D eigenvalue weighted by molar-refractivity contribution is -0.122. The number of allylic oxidation sites excluding steroid dienone is 2. The highest BCUT2D eigenvalue weighted by molar-refractivity contribution is 6.25. The number of hydrogen-bond donors (Lipinski definition) is 1. The van der Waals surface area contributed by atoms with E-state index in [9.17, 15) is 14.4 Å². The molecule has 6 nitrogen and oxygen atoms in total. The van der Waals surface area contributed by atoms with Gasteiger partial charge in [0.15, 0.2) is 0 Å². The van der Waals surface area contributed by atoms with Crippen LogP contribution < -0.4 is 15.0 Å². The van der Waals surface area contributed by atoms with Crippen LogP contribution in [0.1, 0.15) is 23.2 Å². The van der Waals surface area contributed by atoms with Crippen molar-refractivity contribution in [3.05, 3.63) is 66.2 Å². The summed E-state index contributed by atoms with van der Waals surface area (Å²) in [5.74, 6) is -0.925. The average Bonchev–Trinajstić information content (AvgIpc) is 2.98. The number of ether oxygens (including phenoxy) is 1. The second kappa shape index (κ2) is 7.31. The summed E-state index contributed by atoms with van der Waals surface area (Å²) in [6.45, 7) is 0. The molecule has 2 atom stereocenters. The van der Waals surface area contributed by atoms with Gasteiger partial charge in [0, 0.05) is 11.8 Å². The number of carbonyl (C=O) groups is 3. The van der Waals surface area contributed by atoms with E-state index in [-0.39, 0.29) is 29.2 Å². The number of benzene rings is 2. The van der Waals surface area contributed by atoms with Gasteiger partial charge in [-0.1, -0.05) is 30.4 Å². The minimum Gasteiger partial charge on any atom is -0.497 e. The number of hydrogen-bond acceptors (Lipinski definition) is 4. The number of nitrogens with zero attached hydrogens (tertiary/aromatic N) is 1. The fourth-order valence-corrected chi connectivity index (χ4v) is 3.80. The van der Waals surface area contributed by atoms with E-state index in [1.165, 1.54) is 4.90 Å².